The molecule has 0 bridgehead atoms. The van der Waals surface area contributed by atoms with Crippen molar-refractivity contribution in [2.24, 2.45) is 0 Å². The third-order valence-electron chi connectivity index (χ3n) is 3.82. The number of thiocarbonyl (C=S) groups is 1. The molecule has 0 fully saturated rings. The first-order valence-corrected chi connectivity index (χ1v) is 10.6. The molecule has 28 heavy (non-hydrogen) atoms. The number of nitrogens with one attached hydrogen (secondary N) is 2. The molecule has 4 nitrogen and oxygen atoms in total. The van der Waals surface area contributed by atoms with E-state index in [1.807, 2.05) is 48.5 Å². The van der Waals surface area contributed by atoms with Crippen LogP contribution in [0, 0.1) is 0 Å². The van der Waals surface area contributed by atoms with Gasteiger partial charge in [-0.2, -0.15) is 0 Å². The first-order chi connectivity index (χ1) is 13.5. The molecule has 0 atom stereocenters. The Bertz CT molecular complexity index is 1010. The normalized spacial score (nSPS) is 10.4. The van der Waals surface area contributed by atoms with Crippen molar-refractivity contribution in [1.82, 2.24) is 0 Å². The van der Waals surface area contributed by atoms with Gasteiger partial charge in [-0.25, -0.2) is 4.79 Å². The fourth-order valence-corrected chi connectivity index (χ4v) is 4.61. The van der Waals surface area contributed by atoms with Crippen molar-refractivity contribution in [2.45, 2.75) is 6.42 Å². The van der Waals surface area contributed by atoms with Crippen LogP contribution < -0.4 is 10.6 Å². The lowest BCUT2D eigenvalue weighted by molar-refractivity contribution is 0.0602. The number of benzene rings is 2. The van der Waals surface area contributed by atoms with Crippen LogP contribution in [0.25, 0.3) is 0 Å². The number of methoxy groups -OCH3 is 1. The number of halogens is 2. The lowest BCUT2D eigenvalue weighted by Crippen LogP contribution is -2.20. The summed E-state index contributed by atoms with van der Waals surface area (Å²) in [5, 5.41) is 7.64. The zero-order valence-electron chi connectivity index (χ0n) is 14.8. The molecule has 0 amide bonds. The van der Waals surface area contributed by atoms with Crippen LogP contribution in [0.5, 0.6) is 0 Å². The van der Waals surface area contributed by atoms with Crippen molar-refractivity contribution in [3.8, 4) is 0 Å². The van der Waals surface area contributed by atoms with E-state index in [9.17, 15) is 4.79 Å². The van der Waals surface area contributed by atoms with Gasteiger partial charge in [0.15, 0.2) is 5.11 Å². The van der Waals surface area contributed by atoms with E-state index in [0.717, 1.165) is 21.3 Å². The zero-order chi connectivity index (χ0) is 20.1. The molecule has 0 aliphatic rings. The average molecular weight is 496 g/mol. The van der Waals surface area contributed by atoms with Gasteiger partial charge in [0.05, 0.1) is 23.4 Å². The molecule has 3 aromatic rings. The smallest absolute Gasteiger partial charge is 0.340 e. The largest absolute Gasteiger partial charge is 0.465 e. The highest BCUT2D eigenvalue weighted by Crippen LogP contribution is 2.31. The Morgan fingerprint density at radius 3 is 2.61 bits per heavy atom. The highest BCUT2D eigenvalue weighted by atomic mass is 79.9. The Morgan fingerprint density at radius 1 is 1.18 bits per heavy atom. The van der Waals surface area contributed by atoms with Crippen LogP contribution in [0.1, 0.15) is 20.8 Å². The molecule has 2 N–H and O–H groups in total. The Balaban J connectivity index is 1.79. The maximum absolute atomic E-state index is 12.2. The van der Waals surface area contributed by atoms with E-state index in [1.165, 1.54) is 18.4 Å². The molecule has 3 rings (SSSR count). The molecule has 144 valence electrons. The highest BCUT2D eigenvalue weighted by molar-refractivity contribution is 9.10. The molecule has 0 saturated carbocycles. The Hall–Kier alpha value is -1.93. The molecule has 0 saturated heterocycles. The van der Waals surface area contributed by atoms with Gasteiger partial charge in [0.1, 0.15) is 5.00 Å². The summed E-state index contributed by atoms with van der Waals surface area (Å²) in [5.41, 5.74) is 2.28. The lowest BCUT2D eigenvalue weighted by Gasteiger charge is -2.11. The molecule has 0 aliphatic carbocycles. The summed E-state index contributed by atoms with van der Waals surface area (Å²) in [6, 6.07) is 17.3. The highest BCUT2D eigenvalue weighted by Gasteiger charge is 2.18. The van der Waals surface area contributed by atoms with E-state index in [4.69, 9.17) is 28.6 Å². The number of hydrogen-bond acceptors (Lipinski definition) is 4. The van der Waals surface area contributed by atoms with Crippen LogP contribution in [0.3, 0.4) is 0 Å². The number of carbonyl (C=O) groups excluding carboxylic acids is 1. The fourth-order valence-electron chi connectivity index (χ4n) is 2.53. The van der Waals surface area contributed by atoms with Crippen LogP contribution in [0.2, 0.25) is 5.02 Å². The van der Waals surface area contributed by atoms with Gasteiger partial charge in [0.2, 0.25) is 0 Å². The summed E-state index contributed by atoms with van der Waals surface area (Å²) in [6.45, 7) is 0. The third-order valence-corrected chi connectivity index (χ3v) is 5.88. The molecule has 0 aliphatic heterocycles. The fraction of sp³-hybridized carbons (Fsp3) is 0.100. The first-order valence-electron chi connectivity index (χ1n) is 8.24. The van der Waals surface area contributed by atoms with Crippen LogP contribution in [0.4, 0.5) is 10.7 Å². The second-order valence-corrected chi connectivity index (χ2v) is 8.68. The second-order valence-electron chi connectivity index (χ2n) is 5.81. The molecule has 2 aromatic carbocycles. The monoisotopic (exact) mass is 494 g/mol. The summed E-state index contributed by atoms with van der Waals surface area (Å²) in [7, 11) is 1.36. The van der Waals surface area contributed by atoms with E-state index < -0.39 is 5.97 Å². The minimum atomic E-state index is -0.414. The van der Waals surface area contributed by atoms with Crippen molar-refractivity contribution in [1.29, 1.82) is 0 Å². The standard InChI is InChI=1S/C20H16BrClN2O2S2/c1-26-19(25)15-11-14(9-12-5-3-2-4-6-12)28-18(15)24-20(27)23-17-8-7-13(21)10-16(17)22/h2-8,10-11H,9H2,1H3,(H2,23,24,27). The lowest BCUT2D eigenvalue weighted by atomic mass is 10.1. The average Bonchev–Trinajstić information content (AvgIpc) is 3.06. The van der Waals surface area contributed by atoms with Gasteiger partial charge in [-0.1, -0.05) is 57.9 Å². The van der Waals surface area contributed by atoms with Crippen molar-refractivity contribution in [3.63, 3.8) is 0 Å². The zero-order valence-corrected chi connectivity index (χ0v) is 18.8. The minimum Gasteiger partial charge on any atom is -0.465 e. The number of carbonyl (C=O) groups is 1. The van der Waals surface area contributed by atoms with Crippen LogP contribution in [0.15, 0.2) is 59.1 Å². The Labute approximate surface area is 186 Å². The number of esters is 1. The number of rotatable bonds is 5. The SMILES string of the molecule is COC(=O)c1cc(Cc2ccccc2)sc1NC(=S)Nc1ccc(Br)cc1Cl. The van der Waals surface area contributed by atoms with E-state index >= 15 is 0 Å². The van der Waals surface area contributed by atoms with Gasteiger partial charge >= 0.3 is 5.97 Å². The van der Waals surface area contributed by atoms with Gasteiger partial charge < -0.3 is 15.4 Å². The van der Waals surface area contributed by atoms with E-state index in [2.05, 4.69) is 26.6 Å². The molecule has 0 radical (unpaired) electrons. The van der Waals surface area contributed by atoms with Crippen molar-refractivity contribution in [3.05, 3.63) is 80.1 Å². The number of ether oxygens (including phenoxy) is 1. The van der Waals surface area contributed by atoms with E-state index in [-0.39, 0.29) is 0 Å². The van der Waals surface area contributed by atoms with Crippen LogP contribution in [-0.4, -0.2) is 18.2 Å². The quantitative estimate of drug-likeness (QED) is 0.319. The molecule has 1 aromatic heterocycles. The summed E-state index contributed by atoms with van der Waals surface area (Å²) < 4.78 is 5.78. The molecule has 8 heteroatoms. The molecule has 0 unspecified atom stereocenters. The van der Waals surface area contributed by atoms with Gasteiger partial charge in [-0.3, -0.25) is 0 Å². The van der Waals surface area contributed by atoms with E-state index in [1.54, 1.807) is 6.07 Å². The summed E-state index contributed by atoms with van der Waals surface area (Å²) in [6.07, 6.45) is 0.718. The van der Waals surface area contributed by atoms with Crippen molar-refractivity contribution >= 4 is 72.9 Å². The number of anilines is 2. The summed E-state index contributed by atoms with van der Waals surface area (Å²) in [5.74, 6) is -0.414. The van der Waals surface area contributed by atoms with Gasteiger partial charge in [0.25, 0.3) is 0 Å². The molecule has 0 spiro atoms. The predicted octanol–water partition coefficient (Wildman–Crippen LogP) is 6.35. The minimum absolute atomic E-state index is 0.336. The maximum atomic E-state index is 12.2. The summed E-state index contributed by atoms with van der Waals surface area (Å²) >= 11 is 16.5. The van der Waals surface area contributed by atoms with Gasteiger partial charge in [0, 0.05) is 15.8 Å². The van der Waals surface area contributed by atoms with Gasteiger partial charge in [-0.15, -0.1) is 11.3 Å². The molecule has 1 heterocycles. The van der Waals surface area contributed by atoms with E-state index in [0.29, 0.717) is 26.4 Å². The summed E-state index contributed by atoms with van der Waals surface area (Å²) in [4.78, 5) is 13.2. The third kappa shape index (κ3) is 5.32. The Kier molecular flexibility index (Phi) is 7.07. The Morgan fingerprint density at radius 2 is 1.93 bits per heavy atom. The van der Waals surface area contributed by atoms with Gasteiger partial charge in [-0.05, 0) is 42.0 Å². The number of thiophene rings is 1. The first kappa shape index (κ1) is 20.8. The number of hydrogen-bond donors (Lipinski definition) is 2. The topological polar surface area (TPSA) is 50.4 Å². The van der Waals surface area contributed by atoms with Crippen LogP contribution in [-0.2, 0) is 11.2 Å². The van der Waals surface area contributed by atoms with Crippen molar-refractivity contribution < 1.29 is 9.53 Å². The maximum Gasteiger partial charge on any atom is 0.340 e. The van der Waals surface area contributed by atoms with Crippen LogP contribution >= 0.6 is 51.1 Å². The molecular formula is C20H16BrClN2O2S2. The predicted molar refractivity (Wildman–Crippen MR) is 124 cm³/mol. The molecular weight excluding hydrogens is 480 g/mol. The second kappa shape index (κ2) is 9.52. The van der Waals surface area contributed by atoms with Crippen molar-refractivity contribution in [2.75, 3.05) is 17.7 Å².